The maximum absolute atomic E-state index is 5.48. The van der Waals surface area contributed by atoms with E-state index in [0.29, 0.717) is 12.1 Å². The molecule has 1 aliphatic heterocycles. The molecule has 1 N–H and O–H groups in total. The van der Waals surface area contributed by atoms with Gasteiger partial charge in [-0.25, -0.2) is 0 Å². The van der Waals surface area contributed by atoms with Crippen molar-refractivity contribution in [3.05, 3.63) is 44.8 Å². The van der Waals surface area contributed by atoms with Crippen LogP contribution in [0.5, 0.6) is 0 Å². The van der Waals surface area contributed by atoms with Crippen LogP contribution >= 0.6 is 22.7 Å². The fourth-order valence-corrected chi connectivity index (χ4v) is 4.51. The standard InChI is InChI=1S/C16H21NOS2/c1-12(13-6-8-18-9-7-13)17-16(14-4-2-10-19-14)15-5-3-11-20-15/h2-5,10-13,16-17H,6-9H2,1H3. The van der Waals surface area contributed by atoms with Gasteiger partial charge < -0.3 is 10.1 Å². The molecule has 20 heavy (non-hydrogen) atoms. The Morgan fingerprint density at radius 3 is 2.20 bits per heavy atom. The summed E-state index contributed by atoms with van der Waals surface area (Å²) in [6.07, 6.45) is 2.35. The zero-order valence-electron chi connectivity index (χ0n) is 11.7. The van der Waals surface area contributed by atoms with Crippen LogP contribution in [0, 0.1) is 5.92 Å². The lowest BCUT2D eigenvalue weighted by molar-refractivity contribution is 0.0551. The van der Waals surface area contributed by atoms with E-state index in [2.05, 4.69) is 47.3 Å². The van der Waals surface area contributed by atoms with Crippen LogP contribution in [0.25, 0.3) is 0 Å². The lowest BCUT2D eigenvalue weighted by Crippen LogP contribution is -2.38. The highest BCUT2D eigenvalue weighted by Crippen LogP contribution is 2.31. The number of hydrogen-bond donors (Lipinski definition) is 1. The molecule has 1 unspecified atom stereocenters. The zero-order chi connectivity index (χ0) is 13.8. The Hall–Kier alpha value is -0.680. The Morgan fingerprint density at radius 2 is 1.70 bits per heavy atom. The van der Waals surface area contributed by atoms with Crippen LogP contribution in [-0.2, 0) is 4.74 Å². The van der Waals surface area contributed by atoms with Crippen LogP contribution in [-0.4, -0.2) is 19.3 Å². The minimum Gasteiger partial charge on any atom is -0.381 e. The molecule has 3 rings (SSSR count). The summed E-state index contributed by atoms with van der Waals surface area (Å²) in [6, 6.07) is 9.61. The van der Waals surface area contributed by atoms with Gasteiger partial charge in [0.15, 0.2) is 0 Å². The van der Waals surface area contributed by atoms with Gasteiger partial charge in [-0.15, -0.1) is 22.7 Å². The maximum Gasteiger partial charge on any atom is 0.0766 e. The fraction of sp³-hybridized carbons (Fsp3) is 0.500. The van der Waals surface area contributed by atoms with E-state index in [1.165, 1.54) is 22.6 Å². The third kappa shape index (κ3) is 3.31. The number of hydrogen-bond acceptors (Lipinski definition) is 4. The van der Waals surface area contributed by atoms with Gasteiger partial charge in [-0.2, -0.15) is 0 Å². The highest BCUT2D eigenvalue weighted by atomic mass is 32.1. The van der Waals surface area contributed by atoms with E-state index in [-0.39, 0.29) is 0 Å². The zero-order valence-corrected chi connectivity index (χ0v) is 13.4. The van der Waals surface area contributed by atoms with Gasteiger partial charge in [-0.05, 0) is 48.6 Å². The van der Waals surface area contributed by atoms with Gasteiger partial charge >= 0.3 is 0 Å². The Labute approximate surface area is 128 Å². The molecule has 1 atom stereocenters. The first-order valence-electron chi connectivity index (χ1n) is 7.25. The molecule has 0 spiro atoms. The minimum absolute atomic E-state index is 0.341. The molecule has 0 saturated carbocycles. The third-order valence-electron chi connectivity index (χ3n) is 4.06. The first-order chi connectivity index (χ1) is 9.84. The number of ether oxygens (including phenoxy) is 1. The number of rotatable bonds is 5. The topological polar surface area (TPSA) is 21.3 Å². The predicted octanol–water partition coefficient (Wildman–Crippen LogP) is 4.30. The molecule has 0 radical (unpaired) electrons. The van der Waals surface area contributed by atoms with E-state index in [1.54, 1.807) is 0 Å². The maximum atomic E-state index is 5.48. The van der Waals surface area contributed by atoms with Gasteiger partial charge in [-0.1, -0.05) is 12.1 Å². The van der Waals surface area contributed by atoms with Crippen LogP contribution in [0.3, 0.4) is 0 Å². The van der Waals surface area contributed by atoms with Crippen LogP contribution in [0.4, 0.5) is 0 Å². The summed E-state index contributed by atoms with van der Waals surface area (Å²) in [7, 11) is 0. The second kappa shape index (κ2) is 6.85. The summed E-state index contributed by atoms with van der Waals surface area (Å²) in [4.78, 5) is 2.82. The Morgan fingerprint density at radius 1 is 1.10 bits per heavy atom. The second-order valence-electron chi connectivity index (χ2n) is 5.37. The molecule has 108 valence electrons. The molecule has 3 heterocycles. The molecule has 2 nitrogen and oxygen atoms in total. The van der Waals surface area contributed by atoms with Gasteiger partial charge in [0, 0.05) is 29.0 Å². The van der Waals surface area contributed by atoms with E-state index in [1.807, 2.05) is 22.7 Å². The quantitative estimate of drug-likeness (QED) is 0.889. The highest BCUT2D eigenvalue weighted by molar-refractivity contribution is 7.11. The number of thiophene rings is 2. The van der Waals surface area contributed by atoms with Gasteiger partial charge in [0.25, 0.3) is 0 Å². The molecule has 2 aromatic rings. The molecule has 0 bridgehead atoms. The van der Waals surface area contributed by atoms with Crippen molar-refractivity contribution in [1.29, 1.82) is 0 Å². The molecule has 4 heteroatoms. The van der Waals surface area contributed by atoms with Crippen molar-refractivity contribution in [2.75, 3.05) is 13.2 Å². The van der Waals surface area contributed by atoms with E-state index < -0.39 is 0 Å². The summed E-state index contributed by atoms with van der Waals surface area (Å²) in [5, 5.41) is 8.18. The van der Waals surface area contributed by atoms with Gasteiger partial charge in [0.2, 0.25) is 0 Å². The average Bonchev–Trinajstić information content (AvgIpc) is 3.19. The van der Waals surface area contributed by atoms with Gasteiger partial charge in [0.1, 0.15) is 0 Å². The van der Waals surface area contributed by atoms with Crippen molar-refractivity contribution < 1.29 is 4.74 Å². The summed E-state index contributed by atoms with van der Waals surface area (Å²) in [6.45, 7) is 4.16. The van der Waals surface area contributed by atoms with Crippen molar-refractivity contribution in [1.82, 2.24) is 5.32 Å². The Kier molecular flexibility index (Phi) is 4.89. The van der Waals surface area contributed by atoms with Crippen LogP contribution in [0.1, 0.15) is 35.6 Å². The summed E-state index contributed by atoms with van der Waals surface area (Å²) in [5.41, 5.74) is 0. The SMILES string of the molecule is CC(NC(c1cccs1)c1cccs1)C1CCOCC1. The van der Waals surface area contributed by atoms with Crippen LogP contribution in [0.15, 0.2) is 35.0 Å². The molecule has 1 aliphatic rings. The summed E-state index contributed by atoms with van der Waals surface area (Å²) >= 11 is 3.67. The second-order valence-corrected chi connectivity index (χ2v) is 7.33. The van der Waals surface area contributed by atoms with Gasteiger partial charge in [-0.3, -0.25) is 0 Å². The molecule has 1 saturated heterocycles. The first-order valence-corrected chi connectivity index (χ1v) is 9.01. The third-order valence-corrected chi connectivity index (χ3v) is 5.93. The monoisotopic (exact) mass is 307 g/mol. The van der Waals surface area contributed by atoms with Gasteiger partial charge in [0.05, 0.1) is 6.04 Å². The smallest absolute Gasteiger partial charge is 0.0766 e. The molecule has 2 aromatic heterocycles. The normalized spacial score (nSPS) is 18.5. The first kappa shape index (κ1) is 14.3. The van der Waals surface area contributed by atoms with Crippen molar-refractivity contribution in [2.45, 2.75) is 31.8 Å². The largest absolute Gasteiger partial charge is 0.381 e. The Balaban J connectivity index is 1.73. The lowest BCUT2D eigenvalue weighted by Gasteiger charge is -2.31. The molecule has 0 aliphatic carbocycles. The Bertz CT molecular complexity index is 454. The van der Waals surface area contributed by atoms with Crippen molar-refractivity contribution in [3.8, 4) is 0 Å². The molecule has 0 amide bonds. The van der Waals surface area contributed by atoms with Crippen LogP contribution < -0.4 is 5.32 Å². The summed E-state index contributed by atoms with van der Waals surface area (Å²) < 4.78 is 5.48. The van der Waals surface area contributed by atoms with Crippen LogP contribution in [0.2, 0.25) is 0 Å². The van der Waals surface area contributed by atoms with E-state index >= 15 is 0 Å². The van der Waals surface area contributed by atoms with E-state index in [0.717, 1.165) is 19.1 Å². The van der Waals surface area contributed by atoms with E-state index in [9.17, 15) is 0 Å². The number of nitrogens with one attached hydrogen (secondary N) is 1. The minimum atomic E-state index is 0.341. The average molecular weight is 307 g/mol. The van der Waals surface area contributed by atoms with Crippen molar-refractivity contribution in [3.63, 3.8) is 0 Å². The highest BCUT2D eigenvalue weighted by Gasteiger charge is 2.25. The fourth-order valence-electron chi connectivity index (χ4n) is 2.83. The molecular formula is C16H21NOS2. The molecular weight excluding hydrogens is 286 g/mol. The van der Waals surface area contributed by atoms with E-state index in [4.69, 9.17) is 4.74 Å². The lowest BCUT2D eigenvalue weighted by atomic mass is 9.92. The predicted molar refractivity (Wildman–Crippen MR) is 86.6 cm³/mol. The van der Waals surface area contributed by atoms with Crippen molar-refractivity contribution >= 4 is 22.7 Å². The van der Waals surface area contributed by atoms with Crippen molar-refractivity contribution in [2.24, 2.45) is 5.92 Å². The summed E-state index contributed by atoms with van der Waals surface area (Å²) in [5.74, 6) is 0.728. The molecule has 0 aromatic carbocycles. The molecule has 1 fully saturated rings.